The molecule has 176 valence electrons. The number of aromatic nitrogens is 4. The Labute approximate surface area is 205 Å². The van der Waals surface area contributed by atoms with E-state index >= 15 is 0 Å². The molecule has 1 N–H and O–H groups in total. The van der Waals surface area contributed by atoms with Gasteiger partial charge in [0.05, 0.1) is 30.3 Å². The molecule has 0 spiro atoms. The molecule has 0 atom stereocenters. The second kappa shape index (κ2) is 10.0. The number of nitrogens with zero attached hydrogens (tertiary/aromatic N) is 4. The minimum Gasteiger partial charge on any atom is -0.496 e. The van der Waals surface area contributed by atoms with Gasteiger partial charge in [0.1, 0.15) is 5.75 Å². The van der Waals surface area contributed by atoms with Crippen molar-refractivity contribution in [1.82, 2.24) is 24.5 Å². The van der Waals surface area contributed by atoms with Gasteiger partial charge < -0.3 is 10.1 Å². The lowest BCUT2D eigenvalue weighted by Gasteiger charge is -2.11. The lowest BCUT2D eigenvalue weighted by molar-refractivity contribution is -0.118. The lowest BCUT2D eigenvalue weighted by atomic mass is 10.2. The fourth-order valence-corrected chi connectivity index (χ4v) is 4.73. The van der Waals surface area contributed by atoms with Crippen LogP contribution in [0.2, 0.25) is 0 Å². The number of thioether (sulfide) groups is 1. The Hall–Kier alpha value is -4.11. The lowest BCUT2D eigenvalue weighted by Crippen LogP contribution is -2.25. The molecule has 5 aromatic rings. The number of benzene rings is 3. The Bertz CT molecular complexity index is 1560. The molecular weight excluding hydrogens is 462 g/mol. The predicted octanol–water partition coefficient (Wildman–Crippen LogP) is 3.51. The molecule has 1 amide bonds. The first-order valence-electron chi connectivity index (χ1n) is 11.1. The fourth-order valence-electron chi connectivity index (χ4n) is 3.96. The highest BCUT2D eigenvalue weighted by Gasteiger charge is 2.18. The van der Waals surface area contributed by atoms with Crippen molar-refractivity contribution in [3.8, 4) is 5.75 Å². The summed E-state index contributed by atoms with van der Waals surface area (Å²) >= 11 is 1.28. The number of amides is 1. The van der Waals surface area contributed by atoms with Crippen LogP contribution in [0.15, 0.2) is 88.8 Å². The third kappa shape index (κ3) is 4.63. The molecule has 0 aliphatic carbocycles. The largest absolute Gasteiger partial charge is 0.496 e. The number of hydrogen-bond donors (Lipinski definition) is 1. The number of methoxy groups -OCH3 is 1. The van der Waals surface area contributed by atoms with Crippen LogP contribution in [0.1, 0.15) is 11.1 Å². The minimum absolute atomic E-state index is 0.129. The number of carbonyl (C=O) groups excluding carboxylic acids is 1. The van der Waals surface area contributed by atoms with Crippen molar-refractivity contribution in [1.29, 1.82) is 0 Å². The van der Waals surface area contributed by atoms with Gasteiger partial charge >= 0.3 is 0 Å². The molecule has 2 heterocycles. The maximum absolute atomic E-state index is 13.3. The van der Waals surface area contributed by atoms with Gasteiger partial charge in [0.15, 0.2) is 5.16 Å². The second-order valence-corrected chi connectivity index (χ2v) is 8.83. The van der Waals surface area contributed by atoms with Gasteiger partial charge in [-0.05, 0) is 23.8 Å². The third-order valence-electron chi connectivity index (χ3n) is 5.66. The van der Waals surface area contributed by atoms with Crippen LogP contribution in [0.4, 0.5) is 0 Å². The molecule has 8 nitrogen and oxygen atoms in total. The van der Waals surface area contributed by atoms with Crippen LogP contribution in [0, 0.1) is 0 Å². The van der Waals surface area contributed by atoms with Gasteiger partial charge in [0, 0.05) is 12.1 Å². The highest BCUT2D eigenvalue weighted by molar-refractivity contribution is 7.99. The average Bonchev–Trinajstić information content (AvgIpc) is 3.33. The molecule has 0 bridgehead atoms. The van der Waals surface area contributed by atoms with Gasteiger partial charge in [-0.1, -0.05) is 72.4 Å². The molecule has 0 unspecified atom stereocenters. The van der Waals surface area contributed by atoms with Crippen molar-refractivity contribution >= 4 is 34.3 Å². The Morgan fingerprint density at radius 1 is 0.971 bits per heavy atom. The molecule has 0 radical (unpaired) electrons. The van der Waals surface area contributed by atoms with Crippen LogP contribution < -0.4 is 15.6 Å². The Morgan fingerprint density at radius 3 is 2.54 bits per heavy atom. The van der Waals surface area contributed by atoms with E-state index in [-0.39, 0.29) is 17.2 Å². The van der Waals surface area contributed by atoms with E-state index in [2.05, 4.69) is 15.5 Å². The van der Waals surface area contributed by atoms with E-state index in [0.29, 0.717) is 34.9 Å². The van der Waals surface area contributed by atoms with Crippen molar-refractivity contribution in [2.75, 3.05) is 12.9 Å². The van der Waals surface area contributed by atoms with E-state index in [1.54, 1.807) is 17.7 Å². The number of ether oxygens (including phenoxy) is 1. The van der Waals surface area contributed by atoms with Crippen LogP contribution in [0.25, 0.3) is 16.7 Å². The standard InChI is InChI=1S/C26H23N5O3S/c1-34-22-14-8-5-11-19(22)15-27-23(32)17-35-26-29-28-25-30(16-18-9-3-2-4-10-18)24(33)20-12-6-7-13-21(20)31(25)26/h2-14H,15-17H2,1H3,(H,27,32). The Balaban J connectivity index is 1.42. The number of fused-ring (bicyclic) bond motifs is 3. The molecular formula is C26H23N5O3S. The molecule has 0 fully saturated rings. The van der Waals surface area contributed by atoms with E-state index in [1.807, 2.05) is 77.2 Å². The van der Waals surface area contributed by atoms with Crippen molar-refractivity contribution in [3.63, 3.8) is 0 Å². The van der Waals surface area contributed by atoms with Crippen LogP contribution in [0.3, 0.4) is 0 Å². The fraction of sp³-hybridized carbons (Fsp3) is 0.154. The van der Waals surface area contributed by atoms with E-state index in [4.69, 9.17) is 4.74 Å². The minimum atomic E-state index is -0.139. The summed E-state index contributed by atoms with van der Waals surface area (Å²) in [4.78, 5) is 25.9. The summed E-state index contributed by atoms with van der Waals surface area (Å²) in [6, 6.07) is 24.7. The van der Waals surface area contributed by atoms with Crippen molar-refractivity contribution in [2.45, 2.75) is 18.2 Å². The summed E-state index contributed by atoms with van der Waals surface area (Å²) in [5, 5.41) is 12.7. The predicted molar refractivity (Wildman–Crippen MR) is 136 cm³/mol. The van der Waals surface area contributed by atoms with E-state index in [0.717, 1.165) is 16.9 Å². The van der Waals surface area contributed by atoms with Crippen LogP contribution >= 0.6 is 11.8 Å². The summed E-state index contributed by atoms with van der Waals surface area (Å²) in [5.41, 5.74) is 2.46. The molecule has 0 saturated carbocycles. The molecule has 9 heteroatoms. The number of carbonyl (C=O) groups is 1. The number of nitrogens with one attached hydrogen (secondary N) is 1. The highest BCUT2D eigenvalue weighted by atomic mass is 32.2. The molecule has 0 aliphatic heterocycles. The summed E-state index contributed by atoms with van der Waals surface area (Å²) < 4.78 is 8.81. The first-order valence-corrected chi connectivity index (χ1v) is 12.1. The van der Waals surface area contributed by atoms with Gasteiger partial charge in [-0.25, -0.2) is 0 Å². The quantitative estimate of drug-likeness (QED) is 0.338. The topological polar surface area (TPSA) is 90.5 Å². The highest BCUT2D eigenvalue weighted by Crippen LogP contribution is 2.22. The first-order chi connectivity index (χ1) is 17.2. The van der Waals surface area contributed by atoms with E-state index in [9.17, 15) is 9.59 Å². The SMILES string of the molecule is COc1ccccc1CNC(=O)CSc1nnc2n(Cc3ccccc3)c(=O)c3ccccc3n12. The van der Waals surface area contributed by atoms with Gasteiger partial charge in [0.2, 0.25) is 11.7 Å². The maximum Gasteiger partial charge on any atom is 0.263 e. The molecule has 0 saturated heterocycles. The van der Waals surface area contributed by atoms with Crippen LogP contribution in [-0.4, -0.2) is 37.9 Å². The number of rotatable bonds is 8. The Morgan fingerprint density at radius 2 is 1.71 bits per heavy atom. The van der Waals surface area contributed by atoms with Crippen molar-refractivity contribution in [2.24, 2.45) is 0 Å². The van der Waals surface area contributed by atoms with Gasteiger partial charge in [-0.3, -0.25) is 18.6 Å². The zero-order chi connectivity index (χ0) is 24.2. The second-order valence-electron chi connectivity index (χ2n) is 7.89. The number of hydrogen-bond acceptors (Lipinski definition) is 6. The molecule has 2 aromatic heterocycles. The van der Waals surface area contributed by atoms with Crippen LogP contribution in [0.5, 0.6) is 5.75 Å². The van der Waals surface area contributed by atoms with Gasteiger partial charge in [-0.15, -0.1) is 10.2 Å². The normalized spacial score (nSPS) is 11.1. The molecule has 3 aromatic carbocycles. The average molecular weight is 486 g/mol. The number of para-hydroxylation sites is 2. The third-order valence-corrected chi connectivity index (χ3v) is 6.59. The maximum atomic E-state index is 13.3. The zero-order valence-corrected chi connectivity index (χ0v) is 19.9. The van der Waals surface area contributed by atoms with Crippen molar-refractivity contribution < 1.29 is 9.53 Å². The Kier molecular flexibility index (Phi) is 6.49. The summed E-state index contributed by atoms with van der Waals surface area (Å²) in [7, 11) is 1.61. The van der Waals surface area contributed by atoms with Crippen LogP contribution in [-0.2, 0) is 17.9 Å². The first kappa shape index (κ1) is 22.7. The van der Waals surface area contributed by atoms with Gasteiger partial charge in [-0.2, -0.15) is 0 Å². The van der Waals surface area contributed by atoms with Gasteiger partial charge in [0.25, 0.3) is 5.56 Å². The molecule has 35 heavy (non-hydrogen) atoms. The van der Waals surface area contributed by atoms with Crippen molar-refractivity contribution in [3.05, 3.63) is 100 Å². The van der Waals surface area contributed by atoms with E-state index < -0.39 is 0 Å². The summed E-state index contributed by atoms with van der Waals surface area (Å²) in [5.74, 6) is 1.18. The zero-order valence-electron chi connectivity index (χ0n) is 19.0. The smallest absolute Gasteiger partial charge is 0.263 e. The molecule has 5 rings (SSSR count). The summed E-state index contributed by atoms with van der Waals surface area (Å²) in [6.45, 7) is 0.736. The van der Waals surface area contributed by atoms with E-state index in [1.165, 1.54) is 11.8 Å². The monoisotopic (exact) mass is 485 g/mol. The molecule has 0 aliphatic rings. The summed E-state index contributed by atoms with van der Waals surface area (Å²) in [6.07, 6.45) is 0.